The first-order valence-corrected chi connectivity index (χ1v) is 10.6. The molecule has 4 aromatic rings. The molecule has 0 unspecified atom stereocenters. The summed E-state index contributed by atoms with van der Waals surface area (Å²) in [6.07, 6.45) is 4.01. The van der Waals surface area contributed by atoms with Crippen LogP contribution in [-0.4, -0.2) is 28.5 Å². The van der Waals surface area contributed by atoms with E-state index in [0.717, 1.165) is 51.7 Å². The van der Waals surface area contributed by atoms with Gasteiger partial charge in [-0.2, -0.15) is 0 Å². The molecular formula is C26H23N3O3. The summed E-state index contributed by atoms with van der Waals surface area (Å²) in [6.45, 7) is 4.30. The highest BCUT2D eigenvalue weighted by atomic mass is 16.5. The zero-order chi connectivity index (χ0) is 22.1. The van der Waals surface area contributed by atoms with Crippen molar-refractivity contribution in [3.8, 4) is 28.3 Å². The Bertz CT molecular complexity index is 1260. The SMILES string of the molecule is Cc1cnc(C)c(-c2cccc3c2O[C@@H](CNC(=O)c2ccc(-c4ccco4)cc2)C3)n1. The summed E-state index contributed by atoms with van der Waals surface area (Å²) in [7, 11) is 0. The summed E-state index contributed by atoms with van der Waals surface area (Å²) in [5, 5.41) is 2.99. The van der Waals surface area contributed by atoms with Crippen molar-refractivity contribution in [1.29, 1.82) is 0 Å². The van der Waals surface area contributed by atoms with Crippen LogP contribution in [0, 0.1) is 13.8 Å². The van der Waals surface area contributed by atoms with Crippen molar-refractivity contribution >= 4 is 5.91 Å². The van der Waals surface area contributed by atoms with Crippen LogP contribution in [0.3, 0.4) is 0 Å². The molecule has 32 heavy (non-hydrogen) atoms. The fourth-order valence-corrected chi connectivity index (χ4v) is 3.97. The number of aryl methyl sites for hydroxylation is 2. The molecule has 1 N–H and O–H groups in total. The number of hydrogen-bond donors (Lipinski definition) is 1. The number of hydrogen-bond acceptors (Lipinski definition) is 5. The first-order chi connectivity index (χ1) is 15.6. The Kier molecular flexibility index (Phi) is 5.19. The summed E-state index contributed by atoms with van der Waals surface area (Å²) in [5.41, 5.74) is 6.16. The third-order valence-electron chi connectivity index (χ3n) is 5.60. The van der Waals surface area contributed by atoms with Gasteiger partial charge < -0.3 is 14.5 Å². The minimum absolute atomic E-state index is 0.129. The third-order valence-corrected chi connectivity index (χ3v) is 5.60. The molecule has 5 rings (SSSR count). The number of aromatic nitrogens is 2. The van der Waals surface area contributed by atoms with E-state index in [-0.39, 0.29) is 12.0 Å². The lowest BCUT2D eigenvalue weighted by Gasteiger charge is -2.14. The van der Waals surface area contributed by atoms with E-state index in [9.17, 15) is 4.79 Å². The Balaban J connectivity index is 1.26. The largest absolute Gasteiger partial charge is 0.487 e. The molecule has 1 aliphatic rings. The van der Waals surface area contributed by atoms with Crippen LogP contribution in [0.4, 0.5) is 0 Å². The van der Waals surface area contributed by atoms with Crippen molar-refractivity contribution in [2.45, 2.75) is 26.4 Å². The molecular weight excluding hydrogens is 402 g/mol. The van der Waals surface area contributed by atoms with Crippen molar-refractivity contribution in [3.63, 3.8) is 0 Å². The molecule has 0 aliphatic carbocycles. The van der Waals surface area contributed by atoms with Gasteiger partial charge in [0.15, 0.2) is 0 Å². The smallest absolute Gasteiger partial charge is 0.251 e. The van der Waals surface area contributed by atoms with Crippen LogP contribution >= 0.6 is 0 Å². The van der Waals surface area contributed by atoms with E-state index >= 15 is 0 Å². The van der Waals surface area contributed by atoms with Gasteiger partial charge in [-0.15, -0.1) is 0 Å². The van der Waals surface area contributed by atoms with Crippen molar-refractivity contribution in [2.24, 2.45) is 0 Å². The fourth-order valence-electron chi connectivity index (χ4n) is 3.97. The van der Waals surface area contributed by atoms with Gasteiger partial charge in [-0.25, -0.2) is 4.98 Å². The van der Waals surface area contributed by atoms with Gasteiger partial charge in [-0.3, -0.25) is 9.78 Å². The Morgan fingerprint density at radius 2 is 1.94 bits per heavy atom. The Labute approximate surface area is 186 Å². The number of nitrogens with zero attached hydrogens (tertiary/aromatic N) is 2. The number of furan rings is 1. The lowest BCUT2D eigenvalue weighted by molar-refractivity contribution is 0.0933. The molecule has 160 valence electrons. The normalized spacial score (nSPS) is 14.6. The molecule has 0 saturated carbocycles. The molecule has 2 aromatic carbocycles. The highest BCUT2D eigenvalue weighted by Gasteiger charge is 2.27. The van der Waals surface area contributed by atoms with Gasteiger partial charge in [0.1, 0.15) is 17.6 Å². The molecule has 6 heteroatoms. The monoisotopic (exact) mass is 425 g/mol. The van der Waals surface area contributed by atoms with Gasteiger partial charge in [0.05, 0.1) is 29.9 Å². The molecule has 1 amide bonds. The highest BCUT2D eigenvalue weighted by molar-refractivity contribution is 5.94. The molecule has 2 aromatic heterocycles. The Hall–Kier alpha value is -3.93. The topological polar surface area (TPSA) is 77.2 Å². The van der Waals surface area contributed by atoms with Crippen molar-refractivity contribution in [3.05, 3.63) is 89.6 Å². The number of carbonyl (C=O) groups excluding carboxylic acids is 1. The average molecular weight is 425 g/mol. The Morgan fingerprint density at radius 3 is 2.72 bits per heavy atom. The quantitative estimate of drug-likeness (QED) is 0.499. The lowest BCUT2D eigenvalue weighted by Crippen LogP contribution is -2.34. The number of carbonyl (C=O) groups is 1. The molecule has 0 spiro atoms. The Morgan fingerprint density at radius 1 is 1.09 bits per heavy atom. The number of para-hydroxylation sites is 1. The van der Waals surface area contributed by atoms with E-state index in [4.69, 9.17) is 9.15 Å². The number of fused-ring (bicyclic) bond motifs is 1. The van der Waals surface area contributed by atoms with E-state index in [1.165, 1.54) is 0 Å². The van der Waals surface area contributed by atoms with Gasteiger partial charge in [-0.05, 0) is 49.7 Å². The van der Waals surface area contributed by atoms with E-state index in [1.54, 1.807) is 24.6 Å². The maximum atomic E-state index is 12.6. The predicted octanol–water partition coefficient (Wildman–Crippen LogP) is 4.75. The third kappa shape index (κ3) is 3.87. The molecule has 1 aliphatic heterocycles. The summed E-state index contributed by atoms with van der Waals surface area (Å²) in [4.78, 5) is 21.7. The van der Waals surface area contributed by atoms with Crippen molar-refractivity contribution < 1.29 is 13.9 Å². The molecule has 0 saturated heterocycles. The van der Waals surface area contributed by atoms with Crippen LogP contribution in [0.25, 0.3) is 22.6 Å². The maximum Gasteiger partial charge on any atom is 0.251 e. The highest BCUT2D eigenvalue weighted by Crippen LogP contribution is 2.38. The summed E-state index contributed by atoms with van der Waals surface area (Å²) >= 11 is 0. The van der Waals surface area contributed by atoms with Gasteiger partial charge in [0.2, 0.25) is 0 Å². The molecule has 0 fully saturated rings. The van der Waals surface area contributed by atoms with Crippen LogP contribution in [-0.2, 0) is 6.42 Å². The number of amides is 1. The van der Waals surface area contributed by atoms with Crippen LogP contribution in [0.2, 0.25) is 0 Å². The first-order valence-electron chi connectivity index (χ1n) is 10.6. The van der Waals surface area contributed by atoms with Gasteiger partial charge in [-0.1, -0.05) is 24.3 Å². The molecule has 1 atom stereocenters. The van der Waals surface area contributed by atoms with E-state index in [1.807, 2.05) is 50.2 Å². The van der Waals surface area contributed by atoms with Crippen molar-refractivity contribution in [1.82, 2.24) is 15.3 Å². The van der Waals surface area contributed by atoms with Gasteiger partial charge in [0, 0.05) is 29.3 Å². The lowest BCUT2D eigenvalue weighted by atomic mass is 10.0. The van der Waals surface area contributed by atoms with Crippen LogP contribution in [0.1, 0.15) is 27.3 Å². The van der Waals surface area contributed by atoms with Crippen LogP contribution < -0.4 is 10.1 Å². The number of rotatable bonds is 5. The summed E-state index contributed by atoms with van der Waals surface area (Å²) in [6, 6.07) is 17.2. The van der Waals surface area contributed by atoms with Crippen LogP contribution in [0.5, 0.6) is 5.75 Å². The zero-order valence-electron chi connectivity index (χ0n) is 18.0. The molecule has 0 radical (unpaired) electrons. The van der Waals surface area contributed by atoms with Gasteiger partial charge >= 0.3 is 0 Å². The minimum atomic E-state index is -0.129. The predicted molar refractivity (Wildman–Crippen MR) is 122 cm³/mol. The summed E-state index contributed by atoms with van der Waals surface area (Å²) < 4.78 is 11.6. The zero-order valence-corrected chi connectivity index (χ0v) is 18.0. The number of ether oxygens (including phenoxy) is 1. The number of nitrogens with one attached hydrogen (secondary N) is 1. The van der Waals surface area contributed by atoms with Crippen LogP contribution in [0.15, 0.2) is 71.5 Å². The summed E-state index contributed by atoms with van der Waals surface area (Å²) in [5.74, 6) is 1.48. The molecule has 0 bridgehead atoms. The minimum Gasteiger partial charge on any atom is -0.487 e. The molecule has 6 nitrogen and oxygen atoms in total. The second-order valence-electron chi connectivity index (χ2n) is 7.95. The first kappa shape index (κ1) is 20.0. The van der Waals surface area contributed by atoms with E-state index < -0.39 is 0 Å². The van der Waals surface area contributed by atoms with E-state index in [0.29, 0.717) is 12.1 Å². The maximum absolute atomic E-state index is 12.6. The van der Waals surface area contributed by atoms with Gasteiger partial charge in [0.25, 0.3) is 5.91 Å². The second kappa shape index (κ2) is 8.30. The van der Waals surface area contributed by atoms with Crippen molar-refractivity contribution in [2.75, 3.05) is 6.54 Å². The average Bonchev–Trinajstić information content (AvgIpc) is 3.49. The van der Waals surface area contributed by atoms with E-state index in [2.05, 4.69) is 21.4 Å². The second-order valence-corrected chi connectivity index (χ2v) is 7.95. The fraction of sp³-hybridized carbons (Fsp3) is 0.192. The standard InChI is InChI=1S/C26H23N3O3/c1-16-14-27-17(2)24(29-16)22-6-3-5-20-13-21(32-25(20)22)15-28-26(30)19-10-8-18(9-11-19)23-7-4-12-31-23/h3-12,14,21H,13,15H2,1-2H3,(H,28,30)/t21-/m1/s1. The molecule has 3 heterocycles. The number of benzene rings is 2.